The van der Waals surface area contributed by atoms with Gasteiger partial charge < -0.3 is 10.2 Å². The van der Waals surface area contributed by atoms with E-state index in [2.05, 4.69) is 33.4 Å². The molecule has 0 saturated carbocycles. The molecular formula is C21H25BrN2O2S. The number of hydrogen-bond donors (Lipinski definition) is 1. The number of benzene rings is 2. The van der Waals surface area contributed by atoms with Gasteiger partial charge in [0.15, 0.2) is 0 Å². The maximum absolute atomic E-state index is 12.8. The van der Waals surface area contributed by atoms with Gasteiger partial charge in [-0.1, -0.05) is 58.4 Å². The van der Waals surface area contributed by atoms with Crippen LogP contribution in [0.25, 0.3) is 0 Å². The molecule has 0 aromatic heterocycles. The van der Waals surface area contributed by atoms with Gasteiger partial charge in [-0.2, -0.15) is 11.8 Å². The third-order valence-electron chi connectivity index (χ3n) is 4.23. The highest BCUT2D eigenvalue weighted by molar-refractivity contribution is 9.10. The molecule has 144 valence electrons. The molecule has 2 aromatic carbocycles. The fourth-order valence-electron chi connectivity index (χ4n) is 2.69. The van der Waals surface area contributed by atoms with Crippen molar-refractivity contribution in [3.8, 4) is 0 Å². The van der Waals surface area contributed by atoms with Crippen LogP contribution in [0.2, 0.25) is 0 Å². The first-order valence-corrected chi connectivity index (χ1v) is 10.8. The van der Waals surface area contributed by atoms with Crippen LogP contribution in [0.4, 0.5) is 0 Å². The van der Waals surface area contributed by atoms with Gasteiger partial charge >= 0.3 is 0 Å². The number of rotatable bonds is 9. The van der Waals surface area contributed by atoms with Crippen molar-refractivity contribution in [3.63, 3.8) is 0 Å². The zero-order chi connectivity index (χ0) is 19.6. The first-order chi connectivity index (χ1) is 13.0. The molecule has 4 nitrogen and oxygen atoms in total. The molecule has 2 aromatic rings. The normalized spacial score (nSPS) is 11.7. The lowest BCUT2D eigenvalue weighted by molar-refractivity contribution is -0.140. The van der Waals surface area contributed by atoms with E-state index in [9.17, 15) is 9.59 Å². The number of carbonyl (C=O) groups is 2. The number of likely N-dealkylation sites (N-methyl/N-ethyl adjacent to an activating group) is 1. The Balaban J connectivity index is 1.96. The molecule has 0 aliphatic heterocycles. The zero-order valence-electron chi connectivity index (χ0n) is 15.7. The highest BCUT2D eigenvalue weighted by atomic mass is 79.9. The summed E-state index contributed by atoms with van der Waals surface area (Å²) in [7, 11) is 1.59. The molecule has 27 heavy (non-hydrogen) atoms. The minimum atomic E-state index is -0.513. The third-order valence-corrected chi connectivity index (χ3v) is 5.75. The first-order valence-electron chi connectivity index (χ1n) is 8.88. The molecule has 0 unspecified atom stereocenters. The molecule has 1 atom stereocenters. The molecule has 2 rings (SSSR count). The summed E-state index contributed by atoms with van der Waals surface area (Å²) < 4.78 is 0.957. The third kappa shape index (κ3) is 7.03. The number of nitrogens with one attached hydrogen (secondary N) is 1. The standard InChI is InChI=1S/C21H25BrN2O2S/c1-16(21(26)23-2)24(14-18-9-6-10-19(22)13-18)20(25)11-12-27-15-17-7-4-3-5-8-17/h3-10,13,16H,11-12,14-15H2,1-2H3,(H,23,26)/t16-/m1/s1. The summed E-state index contributed by atoms with van der Waals surface area (Å²) >= 11 is 5.19. The maximum Gasteiger partial charge on any atom is 0.242 e. The molecule has 2 amide bonds. The molecule has 0 radical (unpaired) electrons. The first kappa shape index (κ1) is 21.5. The Morgan fingerprint density at radius 3 is 2.48 bits per heavy atom. The Hall–Kier alpha value is -1.79. The van der Waals surface area contributed by atoms with E-state index in [-0.39, 0.29) is 11.8 Å². The van der Waals surface area contributed by atoms with Crippen LogP contribution in [-0.4, -0.2) is 35.6 Å². The predicted molar refractivity (Wildman–Crippen MR) is 115 cm³/mol. The van der Waals surface area contributed by atoms with E-state index in [0.29, 0.717) is 13.0 Å². The summed E-state index contributed by atoms with van der Waals surface area (Å²) in [6.45, 7) is 2.18. The summed E-state index contributed by atoms with van der Waals surface area (Å²) in [6, 6.07) is 17.5. The van der Waals surface area contributed by atoms with E-state index in [0.717, 1.165) is 21.5 Å². The van der Waals surface area contributed by atoms with Crippen molar-refractivity contribution in [3.05, 3.63) is 70.2 Å². The van der Waals surface area contributed by atoms with Crippen molar-refractivity contribution >= 4 is 39.5 Å². The van der Waals surface area contributed by atoms with Gasteiger partial charge in [0, 0.05) is 36.0 Å². The van der Waals surface area contributed by atoms with Gasteiger partial charge in [-0.05, 0) is 30.2 Å². The molecule has 0 saturated heterocycles. The fourth-order valence-corrected chi connectivity index (χ4v) is 4.03. The number of amides is 2. The van der Waals surface area contributed by atoms with Crippen LogP contribution in [0.3, 0.4) is 0 Å². The largest absolute Gasteiger partial charge is 0.357 e. The predicted octanol–water partition coefficient (Wildman–Crippen LogP) is 4.24. The molecule has 0 spiro atoms. The van der Waals surface area contributed by atoms with Crippen LogP contribution < -0.4 is 5.32 Å². The lowest BCUT2D eigenvalue weighted by Crippen LogP contribution is -2.46. The molecular weight excluding hydrogens is 424 g/mol. The summed E-state index contributed by atoms with van der Waals surface area (Å²) in [6.07, 6.45) is 0.410. The highest BCUT2D eigenvalue weighted by Crippen LogP contribution is 2.18. The number of carbonyl (C=O) groups excluding carboxylic acids is 2. The van der Waals surface area contributed by atoms with Crippen LogP contribution in [-0.2, 0) is 21.9 Å². The minimum absolute atomic E-state index is 0.00774. The zero-order valence-corrected chi connectivity index (χ0v) is 18.1. The van der Waals surface area contributed by atoms with Gasteiger partial charge in [0.05, 0.1) is 0 Å². The topological polar surface area (TPSA) is 49.4 Å². The number of nitrogens with zero attached hydrogens (tertiary/aromatic N) is 1. The Morgan fingerprint density at radius 2 is 1.81 bits per heavy atom. The average Bonchev–Trinajstić information content (AvgIpc) is 2.69. The number of halogens is 1. The van der Waals surface area contributed by atoms with Gasteiger partial charge in [0.2, 0.25) is 11.8 Å². The van der Waals surface area contributed by atoms with Crippen molar-refractivity contribution < 1.29 is 9.59 Å². The lowest BCUT2D eigenvalue weighted by atomic mass is 10.1. The van der Waals surface area contributed by atoms with E-state index < -0.39 is 6.04 Å². The highest BCUT2D eigenvalue weighted by Gasteiger charge is 2.25. The second-order valence-corrected chi connectivity index (χ2v) is 8.25. The lowest BCUT2D eigenvalue weighted by Gasteiger charge is -2.28. The fraction of sp³-hybridized carbons (Fsp3) is 0.333. The molecule has 1 N–H and O–H groups in total. The summed E-state index contributed by atoms with van der Waals surface area (Å²) in [5.41, 5.74) is 2.24. The molecule has 0 aliphatic carbocycles. The molecule has 0 bridgehead atoms. The molecule has 0 heterocycles. The summed E-state index contributed by atoms with van der Waals surface area (Å²) in [5.74, 6) is 1.44. The smallest absolute Gasteiger partial charge is 0.242 e. The monoisotopic (exact) mass is 448 g/mol. The summed E-state index contributed by atoms with van der Waals surface area (Å²) in [4.78, 5) is 26.6. The second-order valence-electron chi connectivity index (χ2n) is 6.23. The molecule has 0 fully saturated rings. The van der Waals surface area contributed by atoms with E-state index in [1.165, 1.54) is 5.56 Å². The van der Waals surface area contributed by atoms with Crippen LogP contribution in [0.15, 0.2) is 59.1 Å². The Morgan fingerprint density at radius 1 is 1.11 bits per heavy atom. The molecule has 6 heteroatoms. The van der Waals surface area contributed by atoms with Crippen molar-refractivity contribution in [1.29, 1.82) is 0 Å². The van der Waals surface area contributed by atoms with Crippen molar-refractivity contribution in [2.75, 3.05) is 12.8 Å². The Bertz CT molecular complexity index is 755. The van der Waals surface area contributed by atoms with E-state index in [1.807, 2.05) is 42.5 Å². The van der Waals surface area contributed by atoms with Crippen LogP contribution in [0.1, 0.15) is 24.5 Å². The molecule has 0 aliphatic rings. The quantitative estimate of drug-likeness (QED) is 0.583. The maximum atomic E-state index is 12.8. The van der Waals surface area contributed by atoms with Gasteiger partial charge in [0.25, 0.3) is 0 Å². The van der Waals surface area contributed by atoms with E-state index in [4.69, 9.17) is 0 Å². The van der Waals surface area contributed by atoms with Crippen LogP contribution >= 0.6 is 27.7 Å². The van der Waals surface area contributed by atoms with Crippen molar-refractivity contribution in [1.82, 2.24) is 10.2 Å². The average molecular weight is 449 g/mol. The van der Waals surface area contributed by atoms with Gasteiger partial charge in [-0.15, -0.1) is 0 Å². The van der Waals surface area contributed by atoms with Gasteiger partial charge in [-0.25, -0.2) is 0 Å². The van der Waals surface area contributed by atoms with Crippen LogP contribution in [0.5, 0.6) is 0 Å². The Labute approximate surface area is 173 Å². The van der Waals surface area contributed by atoms with E-state index in [1.54, 1.807) is 30.6 Å². The van der Waals surface area contributed by atoms with E-state index >= 15 is 0 Å². The van der Waals surface area contributed by atoms with Crippen LogP contribution in [0, 0.1) is 0 Å². The second kappa shape index (κ2) is 11.1. The number of hydrogen-bond acceptors (Lipinski definition) is 3. The number of thioether (sulfide) groups is 1. The van der Waals surface area contributed by atoms with Gasteiger partial charge in [-0.3, -0.25) is 9.59 Å². The van der Waals surface area contributed by atoms with Gasteiger partial charge in [0.1, 0.15) is 6.04 Å². The van der Waals surface area contributed by atoms with Crippen molar-refractivity contribution in [2.24, 2.45) is 0 Å². The van der Waals surface area contributed by atoms with Crippen molar-refractivity contribution in [2.45, 2.75) is 31.7 Å². The minimum Gasteiger partial charge on any atom is -0.357 e. The Kier molecular flexibility index (Phi) is 8.88. The SMILES string of the molecule is CNC(=O)[C@@H](C)N(Cc1cccc(Br)c1)C(=O)CCSCc1ccccc1. The summed E-state index contributed by atoms with van der Waals surface area (Å²) in [5, 5.41) is 2.64.